The zero-order valence-electron chi connectivity index (χ0n) is 17.5. The highest BCUT2D eigenvalue weighted by Gasteiger charge is 2.35. The summed E-state index contributed by atoms with van der Waals surface area (Å²) in [7, 11) is 0. The lowest BCUT2D eigenvalue weighted by molar-refractivity contribution is -0.126. The van der Waals surface area contributed by atoms with E-state index in [9.17, 15) is 14.4 Å². The van der Waals surface area contributed by atoms with Crippen LogP contribution < -0.4 is 15.5 Å². The Morgan fingerprint density at radius 2 is 1.90 bits per heavy atom. The van der Waals surface area contributed by atoms with Crippen molar-refractivity contribution in [2.75, 3.05) is 23.0 Å². The number of hydrogen-bond donors (Lipinski definition) is 2. The van der Waals surface area contributed by atoms with Gasteiger partial charge >= 0.3 is 0 Å². The van der Waals surface area contributed by atoms with E-state index in [2.05, 4.69) is 10.6 Å². The van der Waals surface area contributed by atoms with Gasteiger partial charge in [0, 0.05) is 41.7 Å². The Balaban J connectivity index is 1.54. The molecule has 2 aromatic rings. The summed E-state index contributed by atoms with van der Waals surface area (Å²) in [5, 5.41) is 5.77. The zero-order chi connectivity index (χ0) is 21.7. The maximum Gasteiger partial charge on any atom is 0.227 e. The van der Waals surface area contributed by atoms with E-state index in [0.717, 1.165) is 21.8 Å². The van der Waals surface area contributed by atoms with Crippen LogP contribution in [-0.4, -0.2) is 30.5 Å². The van der Waals surface area contributed by atoms with E-state index in [1.54, 1.807) is 16.7 Å². The second kappa shape index (κ2) is 9.80. The van der Waals surface area contributed by atoms with Crippen molar-refractivity contribution in [2.24, 2.45) is 11.8 Å². The zero-order valence-corrected chi connectivity index (χ0v) is 18.3. The third kappa shape index (κ3) is 5.42. The lowest BCUT2D eigenvalue weighted by atomic mass is 10.1. The fourth-order valence-corrected chi connectivity index (χ4v) is 3.69. The predicted octanol–water partition coefficient (Wildman–Crippen LogP) is 3.67. The standard InChI is InChI=1S/C23H27N3O3S/c1-15(2)22(28)25-18-9-7-16(8-10-18)13-24-23(29)17-11-21(27)26(14-17)19-5-4-6-20(12-19)30-3/h4-10,12,15,17H,11,13-14H2,1-3H3,(H,24,29)(H,25,28)/t17-/m0/s1. The largest absolute Gasteiger partial charge is 0.352 e. The molecule has 6 nitrogen and oxygen atoms in total. The Kier molecular flexibility index (Phi) is 7.15. The van der Waals surface area contributed by atoms with Gasteiger partial charge < -0.3 is 15.5 Å². The maximum absolute atomic E-state index is 12.6. The van der Waals surface area contributed by atoms with Gasteiger partial charge in [0.2, 0.25) is 17.7 Å². The highest BCUT2D eigenvalue weighted by molar-refractivity contribution is 7.98. The van der Waals surface area contributed by atoms with Crippen molar-refractivity contribution in [3.05, 3.63) is 54.1 Å². The van der Waals surface area contributed by atoms with E-state index in [1.807, 2.05) is 68.6 Å². The first-order valence-corrected chi connectivity index (χ1v) is 11.2. The number of amides is 3. The summed E-state index contributed by atoms with van der Waals surface area (Å²) in [6.07, 6.45) is 2.21. The normalized spacial score (nSPS) is 16.1. The van der Waals surface area contributed by atoms with E-state index in [0.29, 0.717) is 13.1 Å². The molecule has 0 saturated carbocycles. The number of thioether (sulfide) groups is 1. The topological polar surface area (TPSA) is 78.5 Å². The van der Waals surface area contributed by atoms with Crippen LogP contribution in [0, 0.1) is 11.8 Å². The molecule has 7 heteroatoms. The van der Waals surface area contributed by atoms with Crippen LogP contribution in [0.5, 0.6) is 0 Å². The predicted molar refractivity (Wildman–Crippen MR) is 120 cm³/mol. The van der Waals surface area contributed by atoms with E-state index >= 15 is 0 Å². The smallest absolute Gasteiger partial charge is 0.227 e. The molecule has 0 unspecified atom stereocenters. The summed E-state index contributed by atoms with van der Waals surface area (Å²) >= 11 is 1.62. The molecule has 0 spiro atoms. The molecule has 1 fully saturated rings. The van der Waals surface area contributed by atoms with Crippen LogP contribution in [0.4, 0.5) is 11.4 Å². The van der Waals surface area contributed by atoms with E-state index in [1.165, 1.54) is 0 Å². The molecule has 30 heavy (non-hydrogen) atoms. The fraction of sp³-hybridized carbons (Fsp3) is 0.348. The van der Waals surface area contributed by atoms with Crippen molar-refractivity contribution in [3.63, 3.8) is 0 Å². The Morgan fingerprint density at radius 1 is 1.17 bits per heavy atom. The number of nitrogens with one attached hydrogen (secondary N) is 2. The molecule has 2 N–H and O–H groups in total. The summed E-state index contributed by atoms with van der Waals surface area (Å²) < 4.78 is 0. The first kappa shape index (κ1) is 21.9. The van der Waals surface area contributed by atoms with Crippen LogP contribution in [0.2, 0.25) is 0 Å². The second-order valence-electron chi connectivity index (χ2n) is 7.67. The summed E-state index contributed by atoms with van der Waals surface area (Å²) in [5.41, 5.74) is 2.49. The van der Waals surface area contributed by atoms with E-state index < -0.39 is 0 Å². The van der Waals surface area contributed by atoms with Crippen LogP contribution in [0.15, 0.2) is 53.4 Å². The number of nitrogens with zero attached hydrogens (tertiary/aromatic N) is 1. The number of rotatable bonds is 7. The average Bonchev–Trinajstić information content (AvgIpc) is 3.14. The minimum absolute atomic E-state index is 0.0290. The molecule has 158 valence electrons. The molecule has 2 aromatic carbocycles. The molecule has 1 saturated heterocycles. The first-order valence-electron chi connectivity index (χ1n) is 9.99. The molecule has 3 amide bonds. The summed E-state index contributed by atoms with van der Waals surface area (Å²) in [6, 6.07) is 15.2. The molecule has 1 atom stereocenters. The molecular weight excluding hydrogens is 398 g/mol. The van der Waals surface area contributed by atoms with Crippen molar-refractivity contribution in [3.8, 4) is 0 Å². The highest BCUT2D eigenvalue weighted by Crippen LogP contribution is 2.28. The van der Waals surface area contributed by atoms with Gasteiger partial charge in [0.25, 0.3) is 0 Å². The van der Waals surface area contributed by atoms with Gasteiger partial charge in [-0.25, -0.2) is 0 Å². The third-order valence-corrected chi connectivity index (χ3v) is 5.80. The van der Waals surface area contributed by atoms with E-state index in [4.69, 9.17) is 0 Å². The van der Waals surface area contributed by atoms with Crippen molar-refractivity contribution >= 4 is 40.9 Å². The van der Waals surface area contributed by atoms with Gasteiger partial charge in [0.05, 0.1) is 5.92 Å². The molecule has 3 rings (SSSR count). The summed E-state index contributed by atoms with van der Waals surface area (Å²) in [5.74, 6) is -0.627. The molecule has 0 aliphatic carbocycles. The van der Waals surface area contributed by atoms with E-state index in [-0.39, 0.29) is 36.0 Å². The molecule has 0 radical (unpaired) electrons. The Bertz CT molecular complexity index is 928. The minimum Gasteiger partial charge on any atom is -0.352 e. The van der Waals surface area contributed by atoms with Gasteiger partial charge in [-0.2, -0.15) is 0 Å². The summed E-state index contributed by atoms with van der Waals surface area (Å²) in [6.45, 7) is 4.45. The highest BCUT2D eigenvalue weighted by atomic mass is 32.2. The van der Waals surface area contributed by atoms with Crippen LogP contribution >= 0.6 is 11.8 Å². The maximum atomic E-state index is 12.6. The monoisotopic (exact) mass is 425 g/mol. The first-order chi connectivity index (χ1) is 14.4. The molecule has 1 aliphatic heterocycles. The molecule has 0 bridgehead atoms. The lowest BCUT2D eigenvalue weighted by Gasteiger charge is -2.17. The molecular formula is C23H27N3O3S. The Labute approximate surface area is 181 Å². The lowest BCUT2D eigenvalue weighted by Crippen LogP contribution is -2.32. The van der Waals surface area contributed by atoms with Crippen molar-refractivity contribution in [2.45, 2.75) is 31.7 Å². The Hall–Kier alpha value is -2.80. The van der Waals surface area contributed by atoms with Gasteiger partial charge in [-0.1, -0.05) is 32.0 Å². The van der Waals surface area contributed by atoms with Gasteiger partial charge in [0.1, 0.15) is 0 Å². The average molecular weight is 426 g/mol. The van der Waals surface area contributed by atoms with Crippen LogP contribution in [0.1, 0.15) is 25.8 Å². The van der Waals surface area contributed by atoms with Gasteiger partial charge in [0.15, 0.2) is 0 Å². The fourth-order valence-electron chi connectivity index (χ4n) is 3.24. The van der Waals surface area contributed by atoms with Crippen molar-refractivity contribution in [1.29, 1.82) is 0 Å². The van der Waals surface area contributed by atoms with Gasteiger partial charge in [-0.15, -0.1) is 11.8 Å². The number of anilines is 2. The number of hydrogen-bond acceptors (Lipinski definition) is 4. The quantitative estimate of drug-likeness (QED) is 0.664. The van der Waals surface area contributed by atoms with Crippen LogP contribution in [-0.2, 0) is 20.9 Å². The number of benzene rings is 2. The van der Waals surface area contributed by atoms with Gasteiger partial charge in [-0.3, -0.25) is 14.4 Å². The third-order valence-electron chi connectivity index (χ3n) is 5.07. The van der Waals surface area contributed by atoms with Crippen molar-refractivity contribution < 1.29 is 14.4 Å². The summed E-state index contributed by atoms with van der Waals surface area (Å²) in [4.78, 5) is 39.6. The second-order valence-corrected chi connectivity index (χ2v) is 8.55. The number of carbonyl (C=O) groups excluding carboxylic acids is 3. The molecule has 1 heterocycles. The Morgan fingerprint density at radius 3 is 2.57 bits per heavy atom. The van der Waals surface area contributed by atoms with Gasteiger partial charge in [-0.05, 0) is 42.2 Å². The van der Waals surface area contributed by atoms with Crippen LogP contribution in [0.25, 0.3) is 0 Å². The molecule has 0 aromatic heterocycles. The minimum atomic E-state index is -0.361. The SMILES string of the molecule is CSc1cccc(N2C[C@@H](C(=O)NCc3ccc(NC(=O)C(C)C)cc3)CC2=O)c1. The van der Waals surface area contributed by atoms with Crippen LogP contribution in [0.3, 0.4) is 0 Å². The number of carbonyl (C=O) groups is 3. The molecule has 1 aliphatic rings. The van der Waals surface area contributed by atoms with Crippen molar-refractivity contribution in [1.82, 2.24) is 5.32 Å².